The zero-order valence-corrected chi connectivity index (χ0v) is 18.3. The van der Waals surface area contributed by atoms with Crippen LogP contribution in [0.2, 0.25) is 5.02 Å². The fourth-order valence-corrected chi connectivity index (χ4v) is 4.45. The number of benzene rings is 1. The average molecular weight is 444 g/mol. The van der Waals surface area contributed by atoms with Crippen molar-refractivity contribution in [1.82, 2.24) is 24.5 Å². The standard InChI is InChI=1S/C21H22ClN5O2S/c1-13(2)12-26-20(29)19-16(9-10-30-19)27-17(24-25-21(26)27)7-8-18(28)23-11-14-5-3-4-6-15(14)22/h3-6,9-10,13H,7-8,11-12H2,1-2H3,(H,23,28). The van der Waals surface area contributed by atoms with Gasteiger partial charge in [0.25, 0.3) is 5.56 Å². The minimum absolute atomic E-state index is 0.0439. The third-order valence-electron chi connectivity index (χ3n) is 4.84. The molecule has 0 aliphatic carbocycles. The Bertz CT molecular complexity index is 1270. The maximum Gasteiger partial charge on any atom is 0.272 e. The lowest BCUT2D eigenvalue weighted by atomic mass is 10.2. The molecule has 0 saturated heterocycles. The Labute approximate surface area is 182 Å². The summed E-state index contributed by atoms with van der Waals surface area (Å²) in [6.45, 7) is 5.05. The fraction of sp³-hybridized carbons (Fsp3) is 0.333. The van der Waals surface area contributed by atoms with Gasteiger partial charge in [0.05, 0.1) is 5.52 Å². The van der Waals surface area contributed by atoms with E-state index in [2.05, 4.69) is 29.4 Å². The quantitative estimate of drug-likeness (QED) is 0.472. The summed E-state index contributed by atoms with van der Waals surface area (Å²) in [4.78, 5) is 25.3. The molecule has 0 aliphatic heterocycles. The van der Waals surface area contributed by atoms with Gasteiger partial charge in [-0.25, -0.2) is 0 Å². The second-order valence-corrected chi connectivity index (χ2v) is 8.89. The van der Waals surface area contributed by atoms with Crippen LogP contribution < -0.4 is 10.9 Å². The highest BCUT2D eigenvalue weighted by atomic mass is 35.5. The molecule has 4 rings (SSSR count). The van der Waals surface area contributed by atoms with Gasteiger partial charge in [-0.2, -0.15) is 0 Å². The van der Waals surface area contributed by atoms with Crippen molar-refractivity contribution in [1.29, 1.82) is 0 Å². The van der Waals surface area contributed by atoms with Crippen molar-refractivity contribution in [3.8, 4) is 0 Å². The van der Waals surface area contributed by atoms with Crippen molar-refractivity contribution in [2.75, 3.05) is 0 Å². The molecule has 0 unspecified atom stereocenters. The van der Waals surface area contributed by atoms with Crippen LogP contribution in [-0.2, 0) is 24.3 Å². The van der Waals surface area contributed by atoms with E-state index >= 15 is 0 Å². The molecule has 3 aromatic heterocycles. The summed E-state index contributed by atoms with van der Waals surface area (Å²) >= 11 is 7.55. The Morgan fingerprint density at radius 1 is 1.23 bits per heavy atom. The summed E-state index contributed by atoms with van der Waals surface area (Å²) in [7, 11) is 0. The molecule has 1 aromatic carbocycles. The van der Waals surface area contributed by atoms with E-state index in [1.807, 2.05) is 34.0 Å². The first-order chi connectivity index (χ1) is 14.5. The van der Waals surface area contributed by atoms with Gasteiger partial charge in [-0.3, -0.25) is 18.6 Å². The van der Waals surface area contributed by atoms with Gasteiger partial charge in [-0.15, -0.1) is 21.5 Å². The molecule has 1 N–H and O–H groups in total. The molecule has 0 radical (unpaired) electrons. The zero-order valence-electron chi connectivity index (χ0n) is 16.8. The lowest BCUT2D eigenvalue weighted by Gasteiger charge is -2.11. The van der Waals surface area contributed by atoms with Gasteiger partial charge in [-0.1, -0.05) is 43.6 Å². The topological polar surface area (TPSA) is 81.3 Å². The second-order valence-electron chi connectivity index (χ2n) is 7.56. The fourth-order valence-electron chi connectivity index (χ4n) is 3.42. The summed E-state index contributed by atoms with van der Waals surface area (Å²) in [6.07, 6.45) is 0.681. The van der Waals surface area contributed by atoms with Crippen LogP contribution >= 0.6 is 22.9 Å². The van der Waals surface area contributed by atoms with Gasteiger partial charge < -0.3 is 5.32 Å². The van der Waals surface area contributed by atoms with Gasteiger partial charge in [0.1, 0.15) is 10.5 Å². The van der Waals surface area contributed by atoms with Gasteiger partial charge in [0.15, 0.2) is 0 Å². The van der Waals surface area contributed by atoms with E-state index < -0.39 is 0 Å². The zero-order chi connectivity index (χ0) is 21.3. The first-order valence-electron chi connectivity index (χ1n) is 9.80. The third kappa shape index (κ3) is 3.97. The first-order valence-corrected chi connectivity index (χ1v) is 11.1. The molecule has 0 spiro atoms. The van der Waals surface area contributed by atoms with E-state index in [0.29, 0.717) is 46.8 Å². The Kier molecular flexibility index (Phi) is 5.87. The van der Waals surface area contributed by atoms with Crippen molar-refractivity contribution >= 4 is 44.8 Å². The number of halogens is 1. The molecule has 0 aliphatic rings. The van der Waals surface area contributed by atoms with Crippen molar-refractivity contribution in [3.05, 3.63) is 62.5 Å². The van der Waals surface area contributed by atoms with E-state index in [4.69, 9.17) is 11.6 Å². The third-order valence-corrected chi connectivity index (χ3v) is 6.10. The lowest BCUT2D eigenvalue weighted by molar-refractivity contribution is -0.121. The van der Waals surface area contributed by atoms with Crippen LogP contribution in [0.1, 0.15) is 31.7 Å². The molecule has 156 valence electrons. The van der Waals surface area contributed by atoms with Crippen LogP contribution in [0.4, 0.5) is 0 Å². The summed E-state index contributed by atoms with van der Waals surface area (Å²) in [6, 6.07) is 9.33. The van der Waals surface area contributed by atoms with Crippen LogP contribution in [0.25, 0.3) is 16.0 Å². The predicted molar refractivity (Wildman–Crippen MR) is 119 cm³/mol. The van der Waals surface area contributed by atoms with Crippen LogP contribution in [0.3, 0.4) is 0 Å². The number of thiophene rings is 1. The molecular formula is C21H22ClN5O2S. The maximum absolute atomic E-state index is 12.9. The van der Waals surface area contributed by atoms with Crippen LogP contribution in [0.15, 0.2) is 40.5 Å². The van der Waals surface area contributed by atoms with Crippen molar-refractivity contribution in [3.63, 3.8) is 0 Å². The summed E-state index contributed by atoms with van der Waals surface area (Å²) in [5.74, 6) is 1.38. The number of aryl methyl sites for hydroxylation is 1. The van der Waals surface area contributed by atoms with Crippen molar-refractivity contribution < 1.29 is 4.79 Å². The molecule has 1 amide bonds. The lowest BCUT2D eigenvalue weighted by Crippen LogP contribution is -2.25. The second kappa shape index (κ2) is 8.57. The molecular weight excluding hydrogens is 422 g/mol. The SMILES string of the molecule is CC(C)Cn1c(=O)c2sccc2n2c(CCC(=O)NCc3ccccc3Cl)nnc12. The smallest absolute Gasteiger partial charge is 0.272 e. The minimum atomic E-state index is -0.0938. The Morgan fingerprint density at radius 2 is 2.03 bits per heavy atom. The highest BCUT2D eigenvalue weighted by Crippen LogP contribution is 2.21. The number of rotatable bonds is 7. The Morgan fingerprint density at radius 3 is 2.80 bits per heavy atom. The number of fused-ring (bicyclic) bond motifs is 3. The summed E-state index contributed by atoms with van der Waals surface area (Å²) in [5, 5.41) is 14.0. The number of aromatic nitrogens is 4. The number of nitrogens with zero attached hydrogens (tertiary/aromatic N) is 4. The molecule has 0 bridgehead atoms. The Hall–Kier alpha value is -2.71. The highest BCUT2D eigenvalue weighted by Gasteiger charge is 2.18. The molecule has 7 nitrogen and oxygen atoms in total. The molecule has 30 heavy (non-hydrogen) atoms. The van der Waals surface area contributed by atoms with Gasteiger partial charge in [0, 0.05) is 31.0 Å². The van der Waals surface area contributed by atoms with Crippen molar-refractivity contribution in [2.45, 2.75) is 39.8 Å². The number of carbonyl (C=O) groups excluding carboxylic acids is 1. The summed E-state index contributed by atoms with van der Waals surface area (Å²) < 4.78 is 4.25. The molecule has 0 saturated carbocycles. The first kappa shape index (κ1) is 20.6. The normalized spacial score (nSPS) is 11.6. The number of hydrogen-bond donors (Lipinski definition) is 1. The average Bonchev–Trinajstić information content (AvgIpc) is 3.35. The van der Waals surface area contributed by atoms with E-state index in [1.54, 1.807) is 10.6 Å². The minimum Gasteiger partial charge on any atom is -0.352 e. The van der Waals surface area contributed by atoms with Gasteiger partial charge in [0.2, 0.25) is 11.7 Å². The van der Waals surface area contributed by atoms with Gasteiger partial charge >= 0.3 is 0 Å². The highest BCUT2D eigenvalue weighted by molar-refractivity contribution is 7.17. The van der Waals surface area contributed by atoms with Crippen molar-refractivity contribution in [2.24, 2.45) is 5.92 Å². The maximum atomic E-state index is 12.9. The summed E-state index contributed by atoms with van der Waals surface area (Å²) in [5.41, 5.74) is 1.62. The van der Waals surface area contributed by atoms with E-state index in [-0.39, 0.29) is 17.9 Å². The van der Waals surface area contributed by atoms with Gasteiger partial charge in [-0.05, 0) is 29.0 Å². The molecule has 3 heterocycles. The monoisotopic (exact) mass is 443 g/mol. The predicted octanol–water partition coefficient (Wildman–Crippen LogP) is 3.66. The van der Waals surface area contributed by atoms with Crippen LogP contribution in [0, 0.1) is 5.92 Å². The largest absolute Gasteiger partial charge is 0.352 e. The molecule has 9 heteroatoms. The molecule has 0 fully saturated rings. The van der Waals surface area contributed by atoms with Crippen LogP contribution in [-0.4, -0.2) is 25.1 Å². The Balaban J connectivity index is 1.56. The molecule has 4 aromatic rings. The number of carbonyl (C=O) groups is 1. The van der Waals surface area contributed by atoms with E-state index in [0.717, 1.165) is 11.1 Å². The molecule has 0 atom stereocenters. The number of nitrogens with one attached hydrogen (secondary N) is 1. The number of hydrogen-bond acceptors (Lipinski definition) is 5. The number of amides is 1. The van der Waals surface area contributed by atoms with Crippen LogP contribution in [0.5, 0.6) is 0 Å². The van der Waals surface area contributed by atoms with E-state index in [9.17, 15) is 9.59 Å². The van der Waals surface area contributed by atoms with E-state index in [1.165, 1.54) is 11.3 Å².